The standard InChI is InChI=1S/C32H37N3O7/c1-41-31(38)34-29(28(23-11-4-2-5-12-23)24-13-6-3-7-14-24)30(37)33-27-15-9-8-10-22(27)16-17-25-20-35(32(39)40)21-26(42-25)18-19-36/h2-15,25-26,28-29,36H,16-21H2,1H3,(H,33,37)(H,34,38)(H,39,40)/t25-,26-,29+/m1/s1. The number of amides is 3. The number of benzene rings is 3. The van der Waals surface area contributed by atoms with E-state index in [9.17, 15) is 24.6 Å². The quantitative estimate of drug-likeness (QED) is 0.268. The minimum absolute atomic E-state index is 0.0898. The Morgan fingerprint density at radius 1 is 0.905 bits per heavy atom. The average molecular weight is 576 g/mol. The van der Waals surface area contributed by atoms with Crippen LogP contribution in [0.3, 0.4) is 0 Å². The summed E-state index contributed by atoms with van der Waals surface area (Å²) in [5.74, 6) is -0.917. The lowest BCUT2D eigenvalue weighted by Crippen LogP contribution is -2.50. The summed E-state index contributed by atoms with van der Waals surface area (Å²) in [6.45, 7) is 0.359. The first-order valence-corrected chi connectivity index (χ1v) is 14.0. The number of hydrogen-bond acceptors (Lipinski definition) is 6. The topological polar surface area (TPSA) is 137 Å². The van der Waals surface area contributed by atoms with Crippen molar-refractivity contribution in [3.63, 3.8) is 0 Å². The zero-order chi connectivity index (χ0) is 29.9. The molecule has 222 valence electrons. The molecule has 4 N–H and O–H groups in total. The van der Waals surface area contributed by atoms with E-state index >= 15 is 0 Å². The Kier molecular flexibility index (Phi) is 10.9. The van der Waals surface area contributed by atoms with E-state index in [0.29, 0.717) is 24.9 Å². The van der Waals surface area contributed by atoms with Crippen molar-refractivity contribution in [3.05, 3.63) is 102 Å². The highest BCUT2D eigenvalue weighted by molar-refractivity contribution is 5.98. The molecular weight excluding hydrogens is 538 g/mol. The highest BCUT2D eigenvalue weighted by Crippen LogP contribution is 2.30. The monoisotopic (exact) mass is 575 g/mol. The van der Waals surface area contributed by atoms with Crippen LogP contribution in [0.1, 0.15) is 35.4 Å². The molecule has 0 saturated carbocycles. The first-order chi connectivity index (χ1) is 20.4. The van der Waals surface area contributed by atoms with E-state index in [1.807, 2.05) is 78.9 Å². The van der Waals surface area contributed by atoms with Crippen molar-refractivity contribution >= 4 is 23.8 Å². The molecule has 3 atom stereocenters. The van der Waals surface area contributed by atoms with Gasteiger partial charge in [-0.3, -0.25) is 4.79 Å². The van der Waals surface area contributed by atoms with Crippen molar-refractivity contribution < 1.29 is 34.1 Å². The molecule has 1 aliphatic rings. The van der Waals surface area contributed by atoms with Crippen LogP contribution in [0.25, 0.3) is 0 Å². The van der Waals surface area contributed by atoms with E-state index in [1.165, 1.54) is 12.0 Å². The molecule has 3 aromatic carbocycles. The van der Waals surface area contributed by atoms with Gasteiger partial charge in [0.2, 0.25) is 5.91 Å². The number of carbonyl (C=O) groups is 3. The average Bonchev–Trinajstić information content (AvgIpc) is 3.01. The predicted molar refractivity (Wildman–Crippen MR) is 157 cm³/mol. The Hall–Kier alpha value is -4.41. The molecule has 0 spiro atoms. The second-order valence-corrected chi connectivity index (χ2v) is 10.2. The minimum atomic E-state index is -1.02. The molecule has 1 fully saturated rings. The largest absolute Gasteiger partial charge is 0.465 e. The van der Waals surface area contributed by atoms with Crippen molar-refractivity contribution in [2.45, 2.75) is 43.4 Å². The van der Waals surface area contributed by atoms with E-state index in [0.717, 1.165) is 16.7 Å². The van der Waals surface area contributed by atoms with Gasteiger partial charge < -0.3 is 35.2 Å². The van der Waals surface area contributed by atoms with E-state index in [1.54, 1.807) is 6.07 Å². The smallest absolute Gasteiger partial charge is 0.407 e. The first kappa shape index (κ1) is 30.5. The van der Waals surface area contributed by atoms with E-state index in [2.05, 4.69) is 10.6 Å². The number of aryl methyl sites for hydroxylation is 1. The highest BCUT2D eigenvalue weighted by Gasteiger charge is 2.34. The van der Waals surface area contributed by atoms with Gasteiger partial charge >= 0.3 is 12.2 Å². The summed E-state index contributed by atoms with van der Waals surface area (Å²) >= 11 is 0. The number of carbonyl (C=O) groups excluding carboxylic acids is 2. The molecule has 0 bridgehead atoms. The van der Waals surface area contributed by atoms with Crippen molar-refractivity contribution in [2.75, 3.05) is 32.1 Å². The zero-order valence-corrected chi connectivity index (χ0v) is 23.5. The molecule has 10 heteroatoms. The summed E-state index contributed by atoms with van der Waals surface area (Å²) < 4.78 is 10.9. The van der Waals surface area contributed by atoms with Gasteiger partial charge in [0.05, 0.1) is 32.4 Å². The van der Waals surface area contributed by atoms with Crippen LogP contribution in [-0.2, 0) is 20.7 Å². The number of ether oxygens (including phenoxy) is 2. The molecule has 0 radical (unpaired) electrons. The highest BCUT2D eigenvalue weighted by atomic mass is 16.5. The molecule has 4 rings (SSSR count). The summed E-state index contributed by atoms with van der Waals surface area (Å²) in [5, 5.41) is 24.6. The number of alkyl carbamates (subject to hydrolysis) is 1. The van der Waals surface area contributed by atoms with Gasteiger partial charge in [0.15, 0.2) is 0 Å². The minimum Gasteiger partial charge on any atom is -0.465 e. The fourth-order valence-electron chi connectivity index (χ4n) is 5.31. The van der Waals surface area contributed by atoms with Crippen molar-refractivity contribution in [2.24, 2.45) is 0 Å². The molecular formula is C32H37N3O7. The molecule has 1 heterocycles. The molecule has 0 unspecified atom stereocenters. The van der Waals surface area contributed by atoms with Crippen LogP contribution in [0.15, 0.2) is 84.9 Å². The van der Waals surface area contributed by atoms with Crippen molar-refractivity contribution in [1.29, 1.82) is 0 Å². The number of nitrogens with one attached hydrogen (secondary N) is 2. The number of aliphatic hydroxyl groups excluding tert-OH is 1. The van der Waals surface area contributed by atoms with Gasteiger partial charge in [0, 0.05) is 18.2 Å². The maximum atomic E-state index is 13.9. The van der Waals surface area contributed by atoms with Gasteiger partial charge in [0.25, 0.3) is 0 Å². The number of methoxy groups -OCH3 is 1. The zero-order valence-electron chi connectivity index (χ0n) is 23.5. The van der Waals surface area contributed by atoms with E-state index in [-0.39, 0.29) is 31.9 Å². The first-order valence-electron chi connectivity index (χ1n) is 14.0. The van der Waals surface area contributed by atoms with Crippen LogP contribution < -0.4 is 10.6 Å². The number of anilines is 1. The number of hydrogen-bond donors (Lipinski definition) is 4. The molecule has 3 aromatic rings. The van der Waals surface area contributed by atoms with Crippen LogP contribution in [-0.4, -0.2) is 78.3 Å². The molecule has 0 aromatic heterocycles. The second kappa shape index (κ2) is 15.0. The third kappa shape index (κ3) is 8.08. The number of nitrogens with zero attached hydrogens (tertiary/aromatic N) is 1. The Morgan fingerprint density at radius 3 is 2.05 bits per heavy atom. The second-order valence-electron chi connectivity index (χ2n) is 10.2. The maximum absolute atomic E-state index is 13.9. The Labute approximate surface area is 245 Å². The summed E-state index contributed by atoms with van der Waals surface area (Å²) in [4.78, 5) is 39.4. The van der Waals surface area contributed by atoms with Crippen LogP contribution in [0.4, 0.5) is 15.3 Å². The lowest BCUT2D eigenvalue weighted by atomic mass is 9.84. The summed E-state index contributed by atoms with van der Waals surface area (Å²) in [6.07, 6.45) is -1.10. The maximum Gasteiger partial charge on any atom is 0.407 e. The van der Waals surface area contributed by atoms with Gasteiger partial charge in [-0.2, -0.15) is 0 Å². The van der Waals surface area contributed by atoms with Crippen LogP contribution in [0.2, 0.25) is 0 Å². The molecule has 1 aliphatic heterocycles. The van der Waals surface area contributed by atoms with E-state index in [4.69, 9.17) is 9.47 Å². The molecule has 10 nitrogen and oxygen atoms in total. The molecule has 42 heavy (non-hydrogen) atoms. The van der Waals surface area contributed by atoms with E-state index < -0.39 is 30.1 Å². The Morgan fingerprint density at radius 2 is 1.48 bits per heavy atom. The van der Waals surface area contributed by atoms with Gasteiger partial charge in [-0.05, 0) is 42.0 Å². The SMILES string of the molecule is COC(=O)N[C@H](C(=O)Nc1ccccc1CC[C@@H]1CN(C(=O)O)C[C@@H](CCO)O1)C(c1ccccc1)c1ccccc1. The van der Waals surface area contributed by atoms with Crippen molar-refractivity contribution in [1.82, 2.24) is 10.2 Å². The molecule has 1 saturated heterocycles. The van der Waals surface area contributed by atoms with Gasteiger partial charge in [-0.1, -0.05) is 78.9 Å². The number of carboxylic acid groups (broad SMARTS) is 1. The fourth-order valence-corrected chi connectivity index (χ4v) is 5.31. The van der Waals surface area contributed by atoms with Gasteiger partial charge in [0.1, 0.15) is 6.04 Å². The van der Waals surface area contributed by atoms with Crippen LogP contribution in [0, 0.1) is 0 Å². The van der Waals surface area contributed by atoms with Crippen LogP contribution >= 0.6 is 0 Å². The summed E-state index contributed by atoms with van der Waals surface area (Å²) in [5.41, 5.74) is 3.12. The number of aliphatic hydroxyl groups is 1. The Bertz CT molecular complexity index is 1280. The fraction of sp³-hybridized carbons (Fsp3) is 0.344. The number of para-hydroxylation sites is 1. The summed E-state index contributed by atoms with van der Waals surface area (Å²) in [7, 11) is 1.25. The van der Waals surface area contributed by atoms with Gasteiger partial charge in [-0.25, -0.2) is 9.59 Å². The molecule has 3 amide bonds. The third-order valence-corrected chi connectivity index (χ3v) is 7.36. The number of rotatable bonds is 11. The summed E-state index contributed by atoms with van der Waals surface area (Å²) in [6, 6.07) is 25.4. The normalized spacial score (nSPS) is 17.4. The van der Waals surface area contributed by atoms with Gasteiger partial charge in [-0.15, -0.1) is 0 Å². The Balaban J connectivity index is 1.56. The number of morpholine rings is 1. The van der Waals surface area contributed by atoms with Crippen molar-refractivity contribution in [3.8, 4) is 0 Å². The lowest BCUT2D eigenvalue weighted by molar-refractivity contribution is -0.118. The lowest BCUT2D eigenvalue weighted by Gasteiger charge is -2.36. The molecule has 0 aliphatic carbocycles. The third-order valence-electron chi connectivity index (χ3n) is 7.36. The van der Waals surface area contributed by atoms with Crippen LogP contribution in [0.5, 0.6) is 0 Å². The predicted octanol–water partition coefficient (Wildman–Crippen LogP) is 4.24.